The highest BCUT2D eigenvalue weighted by Crippen LogP contribution is 2.23. The van der Waals surface area contributed by atoms with Crippen LogP contribution in [0.1, 0.15) is 33.8 Å². The van der Waals surface area contributed by atoms with Gasteiger partial charge in [-0.2, -0.15) is 0 Å². The first-order chi connectivity index (χ1) is 15.6. The predicted molar refractivity (Wildman–Crippen MR) is 121 cm³/mol. The van der Waals surface area contributed by atoms with E-state index in [0.717, 1.165) is 33.7 Å². The molecule has 1 N–H and O–H groups in total. The molecule has 2 heterocycles. The van der Waals surface area contributed by atoms with Crippen LogP contribution in [0.5, 0.6) is 11.5 Å². The summed E-state index contributed by atoms with van der Waals surface area (Å²) >= 11 is 0. The van der Waals surface area contributed by atoms with Crippen LogP contribution in [0, 0.1) is 13.8 Å². The molecule has 0 unspecified atom stereocenters. The molecule has 7 heteroatoms. The van der Waals surface area contributed by atoms with Crippen molar-refractivity contribution in [1.82, 2.24) is 15.5 Å². The largest absolute Gasteiger partial charge is 0.491 e. The number of carbonyl (C=O) groups excluding carboxylic acids is 1. The molecule has 0 bridgehead atoms. The van der Waals surface area contributed by atoms with E-state index in [2.05, 4.69) is 15.5 Å². The lowest BCUT2D eigenvalue weighted by molar-refractivity contribution is 0.0951. The number of hydrogen-bond acceptors (Lipinski definition) is 6. The predicted octanol–water partition coefficient (Wildman–Crippen LogP) is 4.62. The van der Waals surface area contributed by atoms with Crippen LogP contribution in [0.15, 0.2) is 65.3 Å². The van der Waals surface area contributed by atoms with Crippen molar-refractivity contribution in [3.63, 3.8) is 0 Å². The fraction of sp³-hybridized carbons (Fsp3) is 0.240. The first-order valence-corrected chi connectivity index (χ1v) is 10.5. The van der Waals surface area contributed by atoms with Crippen molar-refractivity contribution in [2.45, 2.75) is 26.9 Å². The van der Waals surface area contributed by atoms with Gasteiger partial charge in [0.05, 0.1) is 17.9 Å². The summed E-state index contributed by atoms with van der Waals surface area (Å²) in [7, 11) is 0. The number of pyridine rings is 1. The van der Waals surface area contributed by atoms with Crippen LogP contribution in [-0.4, -0.2) is 29.2 Å². The molecule has 0 spiro atoms. The Morgan fingerprint density at radius 3 is 2.75 bits per heavy atom. The van der Waals surface area contributed by atoms with Gasteiger partial charge in [0.1, 0.15) is 29.4 Å². The summed E-state index contributed by atoms with van der Waals surface area (Å²) in [6.45, 7) is 5.05. The summed E-state index contributed by atoms with van der Waals surface area (Å²) in [6, 6.07) is 16.9. The van der Waals surface area contributed by atoms with Gasteiger partial charge in [-0.3, -0.25) is 9.78 Å². The molecule has 7 nitrogen and oxygen atoms in total. The molecule has 4 rings (SSSR count). The maximum Gasteiger partial charge on any atom is 0.251 e. The summed E-state index contributed by atoms with van der Waals surface area (Å²) < 4.78 is 16.8. The maximum absolute atomic E-state index is 12.5. The fourth-order valence-corrected chi connectivity index (χ4v) is 3.34. The summed E-state index contributed by atoms with van der Waals surface area (Å²) in [5, 5.41) is 7.88. The molecule has 2 aromatic carbocycles. The smallest absolute Gasteiger partial charge is 0.251 e. The molecule has 0 aliphatic carbocycles. The Hall–Kier alpha value is -3.87. The van der Waals surface area contributed by atoms with E-state index >= 15 is 0 Å². The molecule has 0 saturated carbocycles. The molecule has 1 amide bonds. The topological polar surface area (TPSA) is 86.5 Å². The summed E-state index contributed by atoms with van der Waals surface area (Å²) in [6.07, 6.45) is 2.43. The van der Waals surface area contributed by atoms with Gasteiger partial charge in [0.2, 0.25) is 0 Å². The van der Waals surface area contributed by atoms with Crippen molar-refractivity contribution in [1.29, 1.82) is 0 Å². The first-order valence-electron chi connectivity index (χ1n) is 10.5. The Labute approximate surface area is 186 Å². The lowest BCUT2D eigenvalue weighted by Gasteiger charge is -2.10. The number of aromatic nitrogens is 2. The third-order valence-corrected chi connectivity index (χ3v) is 5.12. The zero-order valence-electron chi connectivity index (χ0n) is 18.1. The molecule has 164 valence electrons. The molecule has 0 radical (unpaired) electrons. The second kappa shape index (κ2) is 9.96. The van der Waals surface area contributed by atoms with E-state index in [9.17, 15) is 4.79 Å². The van der Waals surface area contributed by atoms with E-state index in [0.29, 0.717) is 37.5 Å². The Kier molecular flexibility index (Phi) is 6.65. The van der Waals surface area contributed by atoms with Crippen molar-refractivity contribution in [2.75, 3.05) is 13.2 Å². The number of nitrogens with zero attached hydrogens (tertiary/aromatic N) is 2. The van der Waals surface area contributed by atoms with E-state index in [1.165, 1.54) is 0 Å². The highest BCUT2D eigenvalue weighted by atomic mass is 16.5. The number of rotatable bonds is 9. The third kappa shape index (κ3) is 5.06. The lowest BCUT2D eigenvalue weighted by Crippen LogP contribution is -2.25. The van der Waals surface area contributed by atoms with Crippen LogP contribution in [0.2, 0.25) is 0 Å². The van der Waals surface area contributed by atoms with Crippen LogP contribution in [-0.2, 0) is 6.61 Å². The van der Waals surface area contributed by atoms with Gasteiger partial charge >= 0.3 is 0 Å². The Bertz CT molecular complexity index is 1190. The van der Waals surface area contributed by atoms with Gasteiger partial charge in [-0.15, -0.1) is 0 Å². The number of fused-ring (bicyclic) bond motifs is 1. The van der Waals surface area contributed by atoms with Gasteiger partial charge in [-0.1, -0.05) is 29.4 Å². The number of aryl methyl sites for hydroxylation is 2. The summed E-state index contributed by atoms with van der Waals surface area (Å²) in [5.41, 5.74) is 3.10. The fourth-order valence-electron chi connectivity index (χ4n) is 3.34. The maximum atomic E-state index is 12.5. The van der Waals surface area contributed by atoms with Crippen molar-refractivity contribution < 1.29 is 18.8 Å². The molecular formula is C25H25N3O4. The third-order valence-electron chi connectivity index (χ3n) is 5.12. The van der Waals surface area contributed by atoms with Gasteiger partial charge in [-0.25, -0.2) is 0 Å². The van der Waals surface area contributed by atoms with Gasteiger partial charge in [0.25, 0.3) is 5.91 Å². The minimum absolute atomic E-state index is 0.153. The minimum atomic E-state index is -0.153. The standard InChI is InChI=1S/C25H25N3O4/c1-17-22(18(2)32-28-17)16-31-21-10-3-8-20(15-21)25(29)27-13-6-14-30-23-11-4-7-19-9-5-12-26-24(19)23/h3-5,7-12,15H,6,13-14,16H2,1-2H3,(H,27,29). The second-order valence-corrected chi connectivity index (χ2v) is 7.41. The molecule has 0 saturated heterocycles. The van der Waals surface area contributed by atoms with Crippen LogP contribution in [0.3, 0.4) is 0 Å². The number of amides is 1. The highest BCUT2D eigenvalue weighted by Gasteiger charge is 2.11. The monoisotopic (exact) mass is 431 g/mol. The number of hydrogen-bond donors (Lipinski definition) is 1. The van der Waals surface area contributed by atoms with Crippen molar-refractivity contribution in [3.05, 3.63) is 83.4 Å². The van der Waals surface area contributed by atoms with Crippen LogP contribution < -0.4 is 14.8 Å². The molecule has 4 aromatic rings. The zero-order chi connectivity index (χ0) is 22.3. The lowest BCUT2D eigenvalue weighted by atomic mass is 10.2. The molecule has 0 aliphatic rings. The van der Waals surface area contributed by atoms with Gasteiger partial charge in [0.15, 0.2) is 0 Å². The molecule has 0 atom stereocenters. The van der Waals surface area contributed by atoms with E-state index < -0.39 is 0 Å². The normalized spacial score (nSPS) is 10.8. The molecule has 0 aliphatic heterocycles. The molecule has 32 heavy (non-hydrogen) atoms. The Balaban J connectivity index is 1.25. The molecular weight excluding hydrogens is 406 g/mol. The Morgan fingerprint density at radius 1 is 1.06 bits per heavy atom. The summed E-state index contributed by atoms with van der Waals surface area (Å²) in [5.74, 6) is 1.94. The van der Waals surface area contributed by atoms with Crippen molar-refractivity contribution in [3.8, 4) is 11.5 Å². The number of ether oxygens (including phenoxy) is 2. The average Bonchev–Trinajstić information content (AvgIpc) is 3.14. The molecule has 2 aromatic heterocycles. The number of para-hydroxylation sites is 1. The second-order valence-electron chi connectivity index (χ2n) is 7.41. The number of carbonyl (C=O) groups is 1. The summed E-state index contributed by atoms with van der Waals surface area (Å²) in [4.78, 5) is 16.9. The van der Waals surface area contributed by atoms with Crippen molar-refractivity contribution in [2.24, 2.45) is 0 Å². The van der Waals surface area contributed by atoms with Crippen molar-refractivity contribution >= 4 is 16.8 Å². The molecule has 0 fully saturated rings. The van der Waals surface area contributed by atoms with Crippen LogP contribution >= 0.6 is 0 Å². The quantitative estimate of drug-likeness (QED) is 0.389. The van der Waals surface area contributed by atoms with Crippen LogP contribution in [0.4, 0.5) is 0 Å². The van der Waals surface area contributed by atoms with E-state index in [1.807, 2.05) is 50.2 Å². The number of nitrogens with one attached hydrogen (secondary N) is 1. The SMILES string of the molecule is Cc1noc(C)c1COc1cccc(C(=O)NCCCOc2cccc3cccnc23)c1. The first kappa shape index (κ1) is 21.4. The van der Waals surface area contributed by atoms with E-state index in [4.69, 9.17) is 14.0 Å². The minimum Gasteiger partial charge on any atom is -0.491 e. The van der Waals surface area contributed by atoms with E-state index in [-0.39, 0.29) is 5.91 Å². The van der Waals surface area contributed by atoms with Crippen LogP contribution in [0.25, 0.3) is 10.9 Å². The average molecular weight is 431 g/mol. The zero-order valence-corrected chi connectivity index (χ0v) is 18.1. The van der Waals surface area contributed by atoms with Gasteiger partial charge in [0, 0.05) is 23.7 Å². The number of benzene rings is 2. The van der Waals surface area contributed by atoms with Gasteiger partial charge < -0.3 is 19.3 Å². The van der Waals surface area contributed by atoms with Gasteiger partial charge in [-0.05, 0) is 50.6 Å². The Morgan fingerprint density at radius 2 is 1.91 bits per heavy atom. The van der Waals surface area contributed by atoms with E-state index in [1.54, 1.807) is 24.4 Å². The highest BCUT2D eigenvalue weighted by molar-refractivity contribution is 5.94.